The molecule has 0 N–H and O–H groups in total. The SMILES string of the molecule is CCc1ccc(N(C)CC(C)C)cc1.O=CC(=O)Cc1ccc2c(c1)CCC(C1CCOCC1)O2. The molecule has 1 saturated heterocycles. The largest absolute Gasteiger partial charge is 0.490 e. The average molecular weight is 480 g/mol. The first-order chi connectivity index (χ1) is 16.9. The van der Waals surface area contributed by atoms with Crippen molar-refractivity contribution in [1.82, 2.24) is 0 Å². The first-order valence-electron chi connectivity index (χ1n) is 13.0. The molecule has 0 bridgehead atoms. The highest BCUT2D eigenvalue weighted by atomic mass is 16.5. The molecule has 5 heteroatoms. The lowest BCUT2D eigenvalue weighted by Crippen LogP contribution is -2.34. The fourth-order valence-corrected chi connectivity index (χ4v) is 4.87. The Labute approximate surface area is 210 Å². The quantitative estimate of drug-likeness (QED) is 0.372. The molecule has 1 unspecified atom stereocenters. The van der Waals surface area contributed by atoms with Crippen LogP contribution in [0.3, 0.4) is 0 Å². The maximum Gasteiger partial charge on any atom is 0.199 e. The lowest BCUT2D eigenvalue weighted by atomic mass is 9.87. The number of fused-ring (bicyclic) bond motifs is 1. The van der Waals surface area contributed by atoms with Crippen molar-refractivity contribution in [2.45, 2.75) is 65.4 Å². The summed E-state index contributed by atoms with van der Waals surface area (Å²) in [6.45, 7) is 9.47. The Morgan fingerprint density at radius 3 is 2.37 bits per heavy atom. The molecule has 0 aromatic heterocycles. The highest BCUT2D eigenvalue weighted by Crippen LogP contribution is 2.34. The first kappa shape index (κ1) is 26.9. The van der Waals surface area contributed by atoms with Crippen LogP contribution < -0.4 is 9.64 Å². The summed E-state index contributed by atoms with van der Waals surface area (Å²) in [5.74, 6) is 1.85. The highest BCUT2D eigenvalue weighted by Gasteiger charge is 2.29. The Morgan fingerprint density at radius 2 is 1.74 bits per heavy atom. The standard InChI is InChI=1S/C17H20O4.C13H21N/c18-11-15(19)10-12-1-3-17-14(9-12)2-4-16(21-17)13-5-7-20-8-6-13;1-5-12-6-8-13(9-7-12)14(4)10-11(2)3/h1,3,9,11,13,16H,2,4-8,10H2;6-9,11H,5,10H2,1-4H3. The fourth-order valence-electron chi connectivity index (χ4n) is 4.87. The molecule has 2 aliphatic rings. The average Bonchev–Trinajstić information content (AvgIpc) is 2.89. The van der Waals surface area contributed by atoms with Gasteiger partial charge in [0.15, 0.2) is 12.1 Å². The van der Waals surface area contributed by atoms with Gasteiger partial charge in [0.1, 0.15) is 11.9 Å². The topological polar surface area (TPSA) is 55.8 Å². The Hall–Kier alpha value is -2.66. The van der Waals surface area contributed by atoms with Gasteiger partial charge in [-0.1, -0.05) is 45.0 Å². The second-order valence-corrected chi connectivity index (χ2v) is 10.1. The molecular formula is C30H41NO4. The minimum absolute atomic E-state index is 0.181. The zero-order valence-corrected chi connectivity index (χ0v) is 21.8. The Bertz CT molecular complexity index is 947. The predicted molar refractivity (Wildman–Crippen MR) is 141 cm³/mol. The number of hydrogen-bond donors (Lipinski definition) is 0. The molecule has 0 amide bonds. The number of carbonyl (C=O) groups excluding carboxylic acids is 2. The zero-order chi connectivity index (χ0) is 25.2. The predicted octanol–water partition coefficient (Wildman–Crippen LogP) is 5.46. The van der Waals surface area contributed by atoms with Crippen molar-refractivity contribution < 1.29 is 19.1 Å². The van der Waals surface area contributed by atoms with Crippen molar-refractivity contribution in [1.29, 1.82) is 0 Å². The van der Waals surface area contributed by atoms with Crippen molar-refractivity contribution in [2.75, 3.05) is 31.7 Å². The van der Waals surface area contributed by atoms with Crippen LogP contribution in [-0.4, -0.2) is 45.0 Å². The van der Waals surface area contributed by atoms with Crippen molar-refractivity contribution >= 4 is 17.8 Å². The molecule has 2 heterocycles. The molecule has 0 radical (unpaired) electrons. The van der Waals surface area contributed by atoms with Gasteiger partial charge in [0.25, 0.3) is 0 Å². The van der Waals surface area contributed by atoms with Gasteiger partial charge in [0, 0.05) is 44.8 Å². The highest BCUT2D eigenvalue weighted by molar-refractivity contribution is 6.25. The molecule has 2 aliphatic heterocycles. The van der Waals surface area contributed by atoms with E-state index >= 15 is 0 Å². The summed E-state index contributed by atoms with van der Waals surface area (Å²) < 4.78 is 11.6. The summed E-state index contributed by atoms with van der Waals surface area (Å²) in [5, 5.41) is 0. The molecule has 190 valence electrons. The van der Waals surface area contributed by atoms with Crippen LogP contribution in [0.15, 0.2) is 42.5 Å². The number of aldehydes is 1. The number of aryl methyl sites for hydroxylation is 2. The lowest BCUT2D eigenvalue weighted by Gasteiger charge is -2.34. The van der Waals surface area contributed by atoms with Gasteiger partial charge in [-0.3, -0.25) is 9.59 Å². The van der Waals surface area contributed by atoms with Gasteiger partial charge in [-0.2, -0.15) is 0 Å². The van der Waals surface area contributed by atoms with E-state index in [1.165, 1.54) is 11.3 Å². The molecule has 1 fully saturated rings. The number of anilines is 1. The maximum atomic E-state index is 11.2. The van der Waals surface area contributed by atoms with E-state index in [1.807, 2.05) is 18.2 Å². The molecule has 2 aromatic carbocycles. The summed E-state index contributed by atoms with van der Waals surface area (Å²) in [6.07, 6.45) is 6.11. The zero-order valence-electron chi connectivity index (χ0n) is 21.8. The summed E-state index contributed by atoms with van der Waals surface area (Å²) in [6, 6.07) is 14.7. The molecule has 4 rings (SSSR count). The monoisotopic (exact) mass is 479 g/mol. The maximum absolute atomic E-state index is 11.2. The third kappa shape index (κ3) is 8.21. The molecule has 1 atom stereocenters. The summed E-state index contributed by atoms with van der Waals surface area (Å²) in [7, 11) is 2.15. The van der Waals surface area contributed by atoms with E-state index in [1.54, 1.807) is 0 Å². The molecule has 35 heavy (non-hydrogen) atoms. The van der Waals surface area contributed by atoms with E-state index in [4.69, 9.17) is 9.47 Å². The van der Waals surface area contributed by atoms with Crippen LogP contribution in [0.25, 0.3) is 0 Å². The fraction of sp³-hybridized carbons (Fsp3) is 0.533. The first-order valence-corrected chi connectivity index (χ1v) is 13.0. The number of rotatable bonds is 8. The number of benzene rings is 2. The molecule has 0 spiro atoms. The third-order valence-electron chi connectivity index (χ3n) is 6.83. The molecule has 0 saturated carbocycles. The van der Waals surface area contributed by atoms with Crippen LogP contribution in [0.1, 0.15) is 56.7 Å². The van der Waals surface area contributed by atoms with Gasteiger partial charge in [0.05, 0.1) is 0 Å². The Balaban J connectivity index is 0.000000214. The van der Waals surface area contributed by atoms with E-state index in [0.717, 1.165) is 68.7 Å². The van der Waals surface area contributed by atoms with Gasteiger partial charge in [-0.05, 0) is 72.9 Å². The van der Waals surface area contributed by atoms with Crippen LogP contribution in [-0.2, 0) is 33.6 Å². The second-order valence-electron chi connectivity index (χ2n) is 10.1. The summed E-state index contributed by atoms with van der Waals surface area (Å²) in [4.78, 5) is 23.9. The third-order valence-corrected chi connectivity index (χ3v) is 6.83. The number of nitrogens with zero attached hydrogens (tertiary/aromatic N) is 1. The van der Waals surface area contributed by atoms with Gasteiger partial charge < -0.3 is 14.4 Å². The van der Waals surface area contributed by atoms with Crippen molar-refractivity contribution in [3.63, 3.8) is 0 Å². The van der Waals surface area contributed by atoms with Gasteiger partial charge in [-0.15, -0.1) is 0 Å². The van der Waals surface area contributed by atoms with Crippen molar-refractivity contribution in [3.8, 4) is 5.75 Å². The molecule has 0 aliphatic carbocycles. The van der Waals surface area contributed by atoms with Gasteiger partial charge in [0.2, 0.25) is 0 Å². The van der Waals surface area contributed by atoms with Crippen molar-refractivity contribution in [2.24, 2.45) is 11.8 Å². The van der Waals surface area contributed by atoms with Gasteiger partial charge >= 0.3 is 0 Å². The van der Waals surface area contributed by atoms with Crippen molar-refractivity contribution in [3.05, 3.63) is 59.2 Å². The van der Waals surface area contributed by atoms with Crippen LogP contribution in [0.4, 0.5) is 5.69 Å². The molecule has 2 aromatic rings. The van der Waals surface area contributed by atoms with Gasteiger partial charge in [-0.25, -0.2) is 0 Å². The molecular weight excluding hydrogens is 438 g/mol. The Morgan fingerprint density at radius 1 is 1.06 bits per heavy atom. The van der Waals surface area contributed by atoms with E-state index in [9.17, 15) is 9.59 Å². The van der Waals surface area contributed by atoms with E-state index in [2.05, 4.69) is 57.0 Å². The van der Waals surface area contributed by atoms with E-state index < -0.39 is 0 Å². The van der Waals surface area contributed by atoms with Crippen LogP contribution >= 0.6 is 0 Å². The van der Waals surface area contributed by atoms with Crippen LogP contribution in [0, 0.1) is 11.8 Å². The number of hydrogen-bond acceptors (Lipinski definition) is 5. The number of Topliss-reactive ketones (excluding diaryl/α,β-unsaturated/α-hetero) is 1. The normalized spacial score (nSPS) is 17.6. The summed E-state index contributed by atoms with van der Waals surface area (Å²) >= 11 is 0. The number of carbonyl (C=O) groups is 2. The smallest absolute Gasteiger partial charge is 0.199 e. The van der Waals surface area contributed by atoms with E-state index in [-0.39, 0.29) is 18.3 Å². The minimum atomic E-state index is -0.383. The number of ether oxygens (including phenoxy) is 2. The second kappa shape index (κ2) is 13.4. The summed E-state index contributed by atoms with van der Waals surface area (Å²) in [5.41, 5.74) is 4.76. The van der Waals surface area contributed by atoms with Crippen LogP contribution in [0.2, 0.25) is 0 Å². The van der Waals surface area contributed by atoms with E-state index in [0.29, 0.717) is 18.1 Å². The minimum Gasteiger partial charge on any atom is -0.490 e. The van der Waals surface area contributed by atoms with Crippen LogP contribution in [0.5, 0.6) is 5.75 Å². The number of ketones is 1. The molecule has 5 nitrogen and oxygen atoms in total. The Kier molecular flexibility index (Phi) is 10.3. The lowest BCUT2D eigenvalue weighted by molar-refractivity contribution is -0.129.